The highest BCUT2D eigenvalue weighted by Gasteiger charge is 2.37. The van der Waals surface area contributed by atoms with Crippen molar-refractivity contribution in [3.8, 4) is 0 Å². The van der Waals surface area contributed by atoms with E-state index in [1.807, 2.05) is 13.8 Å². The zero-order valence-corrected chi connectivity index (χ0v) is 9.38. The summed E-state index contributed by atoms with van der Waals surface area (Å²) in [4.78, 5) is 11.3. The molecule has 0 unspecified atom stereocenters. The molecular formula is C11H21NO2. The number of carbonyl (C=O) groups excluding carboxylic acids is 1. The Hall–Kier alpha value is -0.570. The van der Waals surface area contributed by atoms with Crippen LogP contribution in [0.5, 0.6) is 0 Å². The lowest BCUT2D eigenvalue weighted by Crippen LogP contribution is -2.40. The van der Waals surface area contributed by atoms with Gasteiger partial charge in [-0.1, -0.05) is 13.8 Å². The second-order valence-corrected chi connectivity index (χ2v) is 4.80. The maximum Gasteiger partial charge on any atom is 0.223 e. The Morgan fingerprint density at radius 3 is 2.14 bits per heavy atom. The van der Waals surface area contributed by atoms with Gasteiger partial charge in [0.05, 0.1) is 6.10 Å². The number of hydrogen-bond acceptors (Lipinski definition) is 2. The molecule has 3 heteroatoms. The summed E-state index contributed by atoms with van der Waals surface area (Å²) >= 11 is 0. The van der Waals surface area contributed by atoms with E-state index in [9.17, 15) is 4.79 Å². The quantitative estimate of drug-likeness (QED) is 0.752. The van der Waals surface area contributed by atoms with Crippen molar-refractivity contribution in [3.05, 3.63) is 0 Å². The molecule has 1 amide bonds. The predicted molar refractivity (Wildman–Crippen MR) is 55.7 cm³/mol. The number of rotatable bonds is 3. The number of primary amides is 1. The van der Waals surface area contributed by atoms with Gasteiger partial charge in [0.25, 0.3) is 0 Å². The monoisotopic (exact) mass is 199 g/mol. The molecular weight excluding hydrogens is 178 g/mol. The second kappa shape index (κ2) is 4.30. The van der Waals surface area contributed by atoms with Crippen LogP contribution in [-0.2, 0) is 9.53 Å². The molecule has 1 aliphatic carbocycles. The van der Waals surface area contributed by atoms with Crippen LogP contribution in [0.2, 0.25) is 0 Å². The zero-order valence-electron chi connectivity index (χ0n) is 9.38. The van der Waals surface area contributed by atoms with Crippen LogP contribution in [0.3, 0.4) is 0 Å². The lowest BCUT2D eigenvalue weighted by molar-refractivity contribution is -0.130. The lowest BCUT2D eigenvalue weighted by Gasteiger charge is -2.36. The van der Waals surface area contributed by atoms with E-state index in [0.717, 1.165) is 25.7 Å². The third-order valence-corrected chi connectivity index (χ3v) is 3.66. The third-order valence-electron chi connectivity index (χ3n) is 3.66. The molecule has 0 spiro atoms. The Bertz CT molecular complexity index is 205. The van der Waals surface area contributed by atoms with E-state index >= 15 is 0 Å². The summed E-state index contributed by atoms with van der Waals surface area (Å²) in [6, 6.07) is 0. The van der Waals surface area contributed by atoms with Crippen LogP contribution in [0.25, 0.3) is 0 Å². The summed E-state index contributed by atoms with van der Waals surface area (Å²) in [5.74, 6) is 0.241. The number of carbonyl (C=O) groups is 1. The van der Waals surface area contributed by atoms with Crippen LogP contribution in [0, 0.1) is 11.3 Å². The Labute approximate surface area is 86.0 Å². The van der Waals surface area contributed by atoms with E-state index in [1.165, 1.54) is 0 Å². The highest BCUT2D eigenvalue weighted by molar-refractivity contribution is 5.80. The van der Waals surface area contributed by atoms with Gasteiger partial charge in [-0.25, -0.2) is 0 Å². The van der Waals surface area contributed by atoms with Crippen molar-refractivity contribution in [3.63, 3.8) is 0 Å². The number of amides is 1. The highest BCUT2D eigenvalue weighted by atomic mass is 16.5. The van der Waals surface area contributed by atoms with Gasteiger partial charge in [-0.05, 0) is 31.6 Å². The van der Waals surface area contributed by atoms with Crippen LogP contribution in [0.1, 0.15) is 39.5 Å². The molecule has 0 bridgehead atoms. The first kappa shape index (κ1) is 11.5. The van der Waals surface area contributed by atoms with Crippen molar-refractivity contribution >= 4 is 5.91 Å². The van der Waals surface area contributed by atoms with Crippen molar-refractivity contribution in [2.75, 3.05) is 7.11 Å². The largest absolute Gasteiger partial charge is 0.381 e. The molecule has 1 rings (SSSR count). The van der Waals surface area contributed by atoms with Crippen molar-refractivity contribution in [1.29, 1.82) is 0 Å². The molecule has 0 saturated heterocycles. The molecule has 0 aliphatic heterocycles. The van der Waals surface area contributed by atoms with E-state index in [4.69, 9.17) is 10.5 Å². The summed E-state index contributed by atoms with van der Waals surface area (Å²) in [6.07, 6.45) is 4.59. The number of nitrogens with two attached hydrogens (primary N) is 1. The van der Waals surface area contributed by atoms with Gasteiger partial charge in [0, 0.05) is 12.5 Å². The summed E-state index contributed by atoms with van der Waals surface area (Å²) in [5, 5.41) is 0. The molecule has 0 aromatic rings. The first-order valence-electron chi connectivity index (χ1n) is 5.31. The minimum absolute atomic E-state index is 0.182. The number of methoxy groups -OCH3 is 1. The van der Waals surface area contributed by atoms with Crippen molar-refractivity contribution < 1.29 is 9.53 Å². The Balaban J connectivity index is 2.53. The average Bonchev–Trinajstić information content (AvgIpc) is 2.17. The van der Waals surface area contributed by atoms with Crippen LogP contribution in [0.4, 0.5) is 0 Å². The van der Waals surface area contributed by atoms with Crippen molar-refractivity contribution in [2.45, 2.75) is 45.6 Å². The molecule has 0 aromatic carbocycles. The van der Waals surface area contributed by atoms with Gasteiger partial charge < -0.3 is 10.5 Å². The number of hydrogen-bond donors (Lipinski definition) is 1. The smallest absolute Gasteiger partial charge is 0.223 e. The van der Waals surface area contributed by atoms with Gasteiger partial charge in [-0.2, -0.15) is 0 Å². The topological polar surface area (TPSA) is 52.3 Å². The molecule has 0 radical (unpaired) electrons. The lowest BCUT2D eigenvalue weighted by atomic mass is 9.70. The minimum Gasteiger partial charge on any atom is -0.381 e. The molecule has 82 valence electrons. The summed E-state index contributed by atoms with van der Waals surface area (Å²) < 4.78 is 5.30. The summed E-state index contributed by atoms with van der Waals surface area (Å²) in [7, 11) is 1.75. The molecule has 2 N–H and O–H groups in total. The van der Waals surface area contributed by atoms with Gasteiger partial charge in [-0.15, -0.1) is 0 Å². The third kappa shape index (κ3) is 2.27. The molecule has 1 fully saturated rings. The van der Waals surface area contributed by atoms with Crippen molar-refractivity contribution in [1.82, 2.24) is 0 Å². The molecule has 0 atom stereocenters. The van der Waals surface area contributed by atoms with Gasteiger partial charge >= 0.3 is 0 Å². The average molecular weight is 199 g/mol. The van der Waals surface area contributed by atoms with Gasteiger partial charge in [0.1, 0.15) is 0 Å². The predicted octanol–water partition coefficient (Wildman–Crippen LogP) is 1.70. The fraction of sp³-hybridized carbons (Fsp3) is 0.909. The molecule has 3 nitrogen and oxygen atoms in total. The normalized spacial score (nSPS) is 28.8. The van der Waals surface area contributed by atoms with E-state index < -0.39 is 0 Å². The van der Waals surface area contributed by atoms with E-state index in [2.05, 4.69) is 0 Å². The fourth-order valence-corrected chi connectivity index (χ4v) is 2.22. The van der Waals surface area contributed by atoms with Crippen LogP contribution in [-0.4, -0.2) is 19.1 Å². The van der Waals surface area contributed by atoms with Gasteiger partial charge in [-0.3, -0.25) is 4.79 Å². The second-order valence-electron chi connectivity index (χ2n) is 4.80. The molecule has 1 saturated carbocycles. The van der Waals surface area contributed by atoms with Gasteiger partial charge in [0.2, 0.25) is 5.91 Å². The van der Waals surface area contributed by atoms with Gasteiger partial charge in [0.15, 0.2) is 0 Å². The van der Waals surface area contributed by atoms with Crippen molar-refractivity contribution in [2.24, 2.45) is 17.1 Å². The molecule has 0 aromatic heterocycles. The van der Waals surface area contributed by atoms with Crippen LogP contribution < -0.4 is 5.73 Å². The maximum atomic E-state index is 11.3. The summed E-state index contributed by atoms with van der Waals surface area (Å²) in [6.45, 7) is 3.90. The Morgan fingerprint density at radius 2 is 1.79 bits per heavy atom. The van der Waals surface area contributed by atoms with E-state index in [1.54, 1.807) is 7.11 Å². The first-order valence-corrected chi connectivity index (χ1v) is 5.31. The maximum absolute atomic E-state index is 11.3. The van der Waals surface area contributed by atoms with Crippen LogP contribution in [0.15, 0.2) is 0 Å². The summed E-state index contributed by atoms with van der Waals surface area (Å²) in [5.41, 5.74) is 5.04. The molecule has 1 aliphatic rings. The standard InChI is InChI=1S/C11H21NO2/c1-11(2,10(12)13)8-4-6-9(14-3)7-5-8/h8-9H,4-7H2,1-3H3,(H2,12,13)/t8-,9-. The van der Waals surface area contributed by atoms with E-state index in [0.29, 0.717) is 12.0 Å². The molecule has 0 heterocycles. The van der Waals surface area contributed by atoms with Crippen LogP contribution >= 0.6 is 0 Å². The van der Waals surface area contributed by atoms with E-state index in [-0.39, 0.29) is 11.3 Å². The fourth-order valence-electron chi connectivity index (χ4n) is 2.22. The molecule has 14 heavy (non-hydrogen) atoms. The number of ether oxygens (including phenoxy) is 1. The Kier molecular flexibility index (Phi) is 3.53. The minimum atomic E-state index is -0.362. The first-order chi connectivity index (χ1) is 6.48. The zero-order chi connectivity index (χ0) is 10.8. The highest BCUT2D eigenvalue weighted by Crippen LogP contribution is 2.38. The SMILES string of the molecule is CO[C@H]1CC[C@H](C(C)(C)C(N)=O)CC1. The Morgan fingerprint density at radius 1 is 1.29 bits per heavy atom.